The maximum atomic E-state index is 12.7. The lowest BCUT2D eigenvalue weighted by Gasteiger charge is -2.39. The van der Waals surface area contributed by atoms with E-state index < -0.39 is 5.78 Å². The van der Waals surface area contributed by atoms with Crippen LogP contribution in [-0.4, -0.2) is 16.7 Å². The SMILES string of the molecule is O=C1C(O)=C(CCCCC2CC[C@H]3CCCC[C@@H]3C2)C(=O)c2ccccc21. The lowest BCUT2D eigenvalue weighted by Crippen LogP contribution is -2.27. The molecule has 3 heteroatoms. The van der Waals surface area contributed by atoms with Crippen molar-refractivity contribution < 1.29 is 14.7 Å². The number of allylic oxidation sites excluding steroid dienone is 2. The standard InChI is InChI=1S/C24H30O3/c25-22-19-10-5-6-11-20(19)23(26)24(27)21(22)12-4-1-7-16-13-14-17-8-2-3-9-18(17)15-16/h5-6,10-11,16-18,27H,1-4,7-9,12-15H2/t16?,17-,18-/m1/s1. The first kappa shape index (κ1) is 18.5. The molecule has 0 heterocycles. The number of Topliss-reactive ketones (excluding diaryl/α,β-unsaturated/α-hetero) is 2. The van der Waals surface area contributed by atoms with Gasteiger partial charge in [0, 0.05) is 16.7 Å². The molecule has 1 N–H and O–H groups in total. The third kappa shape index (κ3) is 3.74. The first-order chi connectivity index (χ1) is 13.1. The Kier molecular flexibility index (Phi) is 5.47. The van der Waals surface area contributed by atoms with Gasteiger partial charge in [-0.15, -0.1) is 0 Å². The van der Waals surface area contributed by atoms with E-state index in [4.69, 9.17) is 0 Å². The van der Waals surface area contributed by atoms with Gasteiger partial charge in [-0.2, -0.15) is 0 Å². The highest BCUT2D eigenvalue weighted by atomic mass is 16.3. The Balaban J connectivity index is 1.30. The molecule has 0 spiro atoms. The fraction of sp³-hybridized carbons (Fsp3) is 0.583. The lowest BCUT2D eigenvalue weighted by atomic mass is 9.67. The van der Waals surface area contributed by atoms with E-state index in [0.717, 1.165) is 30.6 Å². The largest absolute Gasteiger partial charge is 0.504 e. The average molecular weight is 367 g/mol. The van der Waals surface area contributed by atoms with Gasteiger partial charge in [-0.1, -0.05) is 69.2 Å². The molecular weight excluding hydrogens is 336 g/mol. The molecule has 27 heavy (non-hydrogen) atoms. The van der Waals surface area contributed by atoms with Crippen LogP contribution in [0, 0.1) is 17.8 Å². The van der Waals surface area contributed by atoms with Crippen molar-refractivity contribution in [1.29, 1.82) is 0 Å². The van der Waals surface area contributed by atoms with Crippen molar-refractivity contribution in [3.8, 4) is 0 Å². The third-order valence-electron chi connectivity index (χ3n) is 7.13. The van der Waals surface area contributed by atoms with Crippen molar-refractivity contribution in [1.82, 2.24) is 0 Å². The normalized spacial score (nSPS) is 28.1. The Hall–Kier alpha value is -1.90. The molecule has 1 aromatic carbocycles. The molecule has 0 radical (unpaired) electrons. The number of carbonyl (C=O) groups is 2. The molecule has 3 atom stereocenters. The molecule has 4 rings (SSSR count). The number of unbranched alkanes of at least 4 members (excludes halogenated alkanes) is 1. The number of aliphatic hydroxyl groups excluding tert-OH is 1. The molecule has 3 nitrogen and oxygen atoms in total. The molecule has 1 aromatic rings. The van der Waals surface area contributed by atoms with Crippen LogP contribution < -0.4 is 0 Å². The topological polar surface area (TPSA) is 54.4 Å². The van der Waals surface area contributed by atoms with Gasteiger partial charge in [-0.3, -0.25) is 9.59 Å². The molecule has 0 bridgehead atoms. The molecule has 3 aliphatic rings. The van der Waals surface area contributed by atoms with Crippen LogP contribution in [-0.2, 0) is 0 Å². The number of fused-ring (bicyclic) bond motifs is 2. The summed E-state index contributed by atoms with van der Waals surface area (Å²) in [5.74, 6) is 1.86. The second kappa shape index (κ2) is 8.00. The average Bonchev–Trinajstić information content (AvgIpc) is 2.71. The predicted octanol–water partition coefficient (Wildman–Crippen LogP) is 6.04. The summed E-state index contributed by atoms with van der Waals surface area (Å²) in [6.45, 7) is 0. The van der Waals surface area contributed by atoms with Crippen molar-refractivity contribution in [3.05, 3.63) is 46.7 Å². The van der Waals surface area contributed by atoms with E-state index in [1.165, 1.54) is 51.4 Å². The summed E-state index contributed by atoms with van der Waals surface area (Å²) >= 11 is 0. The maximum Gasteiger partial charge on any atom is 0.228 e. The maximum absolute atomic E-state index is 12.7. The van der Waals surface area contributed by atoms with Crippen LogP contribution in [0.2, 0.25) is 0 Å². The Morgan fingerprint density at radius 3 is 2.33 bits per heavy atom. The monoisotopic (exact) mass is 366 g/mol. The van der Waals surface area contributed by atoms with E-state index in [0.29, 0.717) is 23.1 Å². The zero-order valence-corrected chi connectivity index (χ0v) is 16.1. The second-order valence-electron chi connectivity index (χ2n) is 8.76. The summed E-state index contributed by atoms with van der Waals surface area (Å²) in [4.78, 5) is 25.0. The highest BCUT2D eigenvalue weighted by molar-refractivity contribution is 6.25. The minimum Gasteiger partial charge on any atom is -0.504 e. The van der Waals surface area contributed by atoms with Gasteiger partial charge in [0.1, 0.15) is 0 Å². The predicted molar refractivity (Wildman–Crippen MR) is 106 cm³/mol. The molecule has 3 aliphatic carbocycles. The third-order valence-corrected chi connectivity index (χ3v) is 7.13. The van der Waals surface area contributed by atoms with Gasteiger partial charge in [0.05, 0.1) is 0 Å². The minimum atomic E-state index is -0.407. The van der Waals surface area contributed by atoms with E-state index >= 15 is 0 Å². The first-order valence-electron chi connectivity index (χ1n) is 10.8. The van der Waals surface area contributed by atoms with Gasteiger partial charge in [0.25, 0.3) is 0 Å². The molecule has 0 aromatic heterocycles. The quantitative estimate of drug-likeness (QED) is 0.646. The number of aliphatic hydroxyl groups is 1. The van der Waals surface area contributed by atoms with Crippen molar-refractivity contribution >= 4 is 11.6 Å². The van der Waals surface area contributed by atoms with Crippen molar-refractivity contribution in [2.75, 3.05) is 0 Å². The molecule has 0 saturated heterocycles. The lowest BCUT2D eigenvalue weighted by molar-refractivity contribution is 0.0925. The Labute approximate surface area is 161 Å². The second-order valence-corrected chi connectivity index (χ2v) is 8.76. The summed E-state index contributed by atoms with van der Waals surface area (Å²) in [5.41, 5.74) is 1.08. The summed E-state index contributed by atoms with van der Waals surface area (Å²) in [5, 5.41) is 10.2. The zero-order valence-electron chi connectivity index (χ0n) is 16.1. The molecule has 2 saturated carbocycles. The number of benzene rings is 1. The molecule has 0 amide bonds. The first-order valence-corrected chi connectivity index (χ1v) is 10.8. The number of rotatable bonds is 5. The van der Waals surface area contributed by atoms with Gasteiger partial charge in [-0.25, -0.2) is 0 Å². The highest BCUT2D eigenvalue weighted by Gasteiger charge is 2.33. The molecular formula is C24H30O3. The summed E-state index contributed by atoms with van der Waals surface area (Å²) < 4.78 is 0. The van der Waals surface area contributed by atoms with Crippen LogP contribution in [0.5, 0.6) is 0 Å². The number of ketones is 2. The van der Waals surface area contributed by atoms with Gasteiger partial charge in [0.15, 0.2) is 11.5 Å². The fourth-order valence-electron chi connectivity index (χ4n) is 5.61. The summed E-state index contributed by atoms with van der Waals surface area (Å²) in [6.07, 6.45) is 13.5. The zero-order chi connectivity index (χ0) is 18.8. The van der Waals surface area contributed by atoms with Crippen LogP contribution in [0.4, 0.5) is 0 Å². The molecule has 1 unspecified atom stereocenters. The van der Waals surface area contributed by atoms with E-state index in [-0.39, 0.29) is 11.5 Å². The van der Waals surface area contributed by atoms with Crippen LogP contribution in [0.1, 0.15) is 91.3 Å². The van der Waals surface area contributed by atoms with Crippen LogP contribution in [0.3, 0.4) is 0 Å². The van der Waals surface area contributed by atoms with E-state index in [1.807, 2.05) is 0 Å². The van der Waals surface area contributed by atoms with E-state index in [1.54, 1.807) is 24.3 Å². The van der Waals surface area contributed by atoms with Crippen LogP contribution in [0.25, 0.3) is 0 Å². The van der Waals surface area contributed by atoms with Gasteiger partial charge < -0.3 is 5.11 Å². The number of hydrogen-bond donors (Lipinski definition) is 1. The minimum absolute atomic E-state index is 0.176. The van der Waals surface area contributed by atoms with E-state index in [9.17, 15) is 14.7 Å². The van der Waals surface area contributed by atoms with Crippen LogP contribution in [0.15, 0.2) is 35.6 Å². The Bertz CT molecular complexity index is 761. The fourth-order valence-corrected chi connectivity index (χ4v) is 5.61. The van der Waals surface area contributed by atoms with Crippen molar-refractivity contribution in [3.63, 3.8) is 0 Å². The van der Waals surface area contributed by atoms with Crippen molar-refractivity contribution in [2.24, 2.45) is 17.8 Å². The smallest absolute Gasteiger partial charge is 0.228 e. The Morgan fingerprint density at radius 2 is 1.56 bits per heavy atom. The number of carbonyl (C=O) groups excluding carboxylic acids is 2. The van der Waals surface area contributed by atoms with E-state index in [2.05, 4.69) is 0 Å². The highest BCUT2D eigenvalue weighted by Crippen LogP contribution is 2.44. The van der Waals surface area contributed by atoms with Crippen LogP contribution >= 0.6 is 0 Å². The molecule has 144 valence electrons. The Morgan fingerprint density at radius 1 is 0.852 bits per heavy atom. The molecule has 2 fully saturated rings. The molecule has 0 aliphatic heterocycles. The summed E-state index contributed by atoms with van der Waals surface area (Å²) in [7, 11) is 0. The summed E-state index contributed by atoms with van der Waals surface area (Å²) in [6, 6.07) is 6.80. The van der Waals surface area contributed by atoms with Gasteiger partial charge in [-0.05, 0) is 43.4 Å². The van der Waals surface area contributed by atoms with Crippen molar-refractivity contribution in [2.45, 2.75) is 70.6 Å². The van der Waals surface area contributed by atoms with Gasteiger partial charge >= 0.3 is 0 Å². The van der Waals surface area contributed by atoms with Gasteiger partial charge in [0.2, 0.25) is 5.78 Å². The number of hydrogen-bond acceptors (Lipinski definition) is 3.